The summed E-state index contributed by atoms with van der Waals surface area (Å²) in [5, 5.41) is 4.41. The first-order chi connectivity index (χ1) is 10.3. The molecule has 2 aromatic rings. The van der Waals surface area contributed by atoms with Crippen LogP contribution in [0.2, 0.25) is 5.02 Å². The molecule has 0 spiro atoms. The Labute approximate surface area is 139 Å². The lowest BCUT2D eigenvalue weighted by atomic mass is 10.0. The third-order valence-electron chi connectivity index (χ3n) is 3.54. The van der Waals surface area contributed by atoms with Gasteiger partial charge in [-0.05, 0) is 54.3 Å². The zero-order chi connectivity index (χ0) is 14.7. The topological polar surface area (TPSA) is 25.2 Å². The quantitative estimate of drug-likeness (QED) is 0.817. The van der Waals surface area contributed by atoms with Gasteiger partial charge in [-0.2, -0.15) is 11.8 Å². The van der Waals surface area contributed by atoms with Crippen molar-refractivity contribution < 1.29 is 4.42 Å². The van der Waals surface area contributed by atoms with E-state index in [1.807, 2.05) is 17.8 Å². The maximum atomic E-state index is 6.14. The maximum Gasteiger partial charge on any atom is 0.118 e. The zero-order valence-electron chi connectivity index (χ0n) is 11.9. The summed E-state index contributed by atoms with van der Waals surface area (Å²) in [5.41, 5.74) is 1.31. The predicted molar refractivity (Wildman–Crippen MR) is 92.3 cm³/mol. The van der Waals surface area contributed by atoms with Crippen LogP contribution in [-0.4, -0.2) is 12.0 Å². The minimum absolute atomic E-state index is 0.356. The van der Waals surface area contributed by atoms with Crippen molar-refractivity contribution in [3.05, 3.63) is 52.4 Å². The number of hydrogen-bond donors (Lipinski definition) is 1. The van der Waals surface area contributed by atoms with Crippen LogP contribution >= 0.6 is 35.1 Å². The first-order valence-electron chi connectivity index (χ1n) is 6.98. The molecule has 1 aliphatic rings. The Morgan fingerprint density at radius 1 is 1.33 bits per heavy atom. The molecule has 1 unspecified atom stereocenters. The highest BCUT2D eigenvalue weighted by Gasteiger charge is 2.20. The largest absolute Gasteiger partial charge is 0.464 e. The second-order valence-electron chi connectivity index (χ2n) is 5.05. The average Bonchev–Trinajstić information content (AvgIpc) is 2.93. The summed E-state index contributed by atoms with van der Waals surface area (Å²) >= 11 is 9.82. The number of nitrogens with one attached hydrogen (secondary N) is 1. The van der Waals surface area contributed by atoms with Crippen molar-refractivity contribution >= 4 is 35.1 Å². The van der Waals surface area contributed by atoms with Gasteiger partial charge in [-0.25, -0.2) is 0 Å². The van der Waals surface area contributed by atoms with Gasteiger partial charge in [0.05, 0.1) is 12.3 Å². The van der Waals surface area contributed by atoms with Crippen LogP contribution in [0.4, 0.5) is 0 Å². The number of thioether (sulfide) groups is 2. The summed E-state index contributed by atoms with van der Waals surface area (Å²) in [7, 11) is 0. The minimum atomic E-state index is 0.356. The van der Waals surface area contributed by atoms with Gasteiger partial charge in [-0.1, -0.05) is 11.6 Å². The lowest BCUT2D eigenvalue weighted by Crippen LogP contribution is -2.24. The molecule has 0 fully saturated rings. The minimum Gasteiger partial charge on any atom is -0.464 e. The molecule has 0 aliphatic carbocycles. The molecule has 1 aliphatic heterocycles. The predicted octanol–water partition coefficient (Wildman–Crippen LogP) is 5.12. The lowest BCUT2D eigenvalue weighted by molar-refractivity contribution is 0.426. The van der Waals surface area contributed by atoms with Crippen molar-refractivity contribution in [2.24, 2.45) is 0 Å². The van der Waals surface area contributed by atoms with Crippen LogP contribution in [0.5, 0.6) is 0 Å². The van der Waals surface area contributed by atoms with E-state index >= 15 is 0 Å². The summed E-state index contributed by atoms with van der Waals surface area (Å²) in [6.45, 7) is 0.760. The first kappa shape index (κ1) is 15.3. The van der Waals surface area contributed by atoms with E-state index in [1.54, 1.807) is 11.8 Å². The molecule has 21 heavy (non-hydrogen) atoms. The van der Waals surface area contributed by atoms with Crippen molar-refractivity contribution in [2.45, 2.75) is 29.7 Å². The highest BCUT2D eigenvalue weighted by Crippen LogP contribution is 2.37. The molecule has 1 aromatic heterocycles. The number of halogens is 1. The van der Waals surface area contributed by atoms with E-state index in [2.05, 4.69) is 35.8 Å². The molecule has 0 saturated carbocycles. The molecule has 0 bridgehead atoms. The van der Waals surface area contributed by atoms with Crippen LogP contribution in [0.1, 0.15) is 29.5 Å². The molecule has 0 amide bonds. The smallest absolute Gasteiger partial charge is 0.118 e. The summed E-state index contributed by atoms with van der Waals surface area (Å²) in [6, 6.07) is 10.7. The van der Waals surface area contributed by atoms with Crippen molar-refractivity contribution in [1.82, 2.24) is 5.32 Å². The van der Waals surface area contributed by atoms with Crippen LogP contribution in [-0.2, 0) is 12.3 Å². The van der Waals surface area contributed by atoms with Gasteiger partial charge >= 0.3 is 0 Å². The molecule has 2 heterocycles. The van der Waals surface area contributed by atoms with Gasteiger partial charge in [-0.3, -0.25) is 0 Å². The third kappa shape index (κ3) is 3.81. The van der Waals surface area contributed by atoms with E-state index in [9.17, 15) is 0 Å². The Hall–Kier alpha value is -0.550. The fourth-order valence-corrected chi connectivity index (χ4v) is 4.26. The SMILES string of the molecule is CSCc1ccc(CNC2CCSc3ccc(Cl)cc32)o1. The number of fused-ring (bicyclic) bond motifs is 1. The normalized spacial score (nSPS) is 17.7. The molecule has 2 nitrogen and oxygen atoms in total. The van der Waals surface area contributed by atoms with Gasteiger partial charge < -0.3 is 9.73 Å². The fourth-order valence-electron chi connectivity index (χ4n) is 2.54. The van der Waals surface area contributed by atoms with Gasteiger partial charge in [-0.15, -0.1) is 11.8 Å². The van der Waals surface area contributed by atoms with Gasteiger partial charge in [0, 0.05) is 16.0 Å². The highest BCUT2D eigenvalue weighted by atomic mass is 35.5. The van der Waals surface area contributed by atoms with E-state index < -0.39 is 0 Å². The Balaban J connectivity index is 1.67. The number of rotatable bonds is 5. The van der Waals surface area contributed by atoms with Crippen LogP contribution in [0, 0.1) is 0 Å². The van der Waals surface area contributed by atoms with Crippen molar-refractivity contribution in [1.29, 1.82) is 0 Å². The van der Waals surface area contributed by atoms with E-state index in [4.69, 9.17) is 16.0 Å². The van der Waals surface area contributed by atoms with Crippen LogP contribution in [0.25, 0.3) is 0 Å². The number of benzene rings is 1. The molecule has 1 atom stereocenters. The van der Waals surface area contributed by atoms with E-state index in [1.165, 1.54) is 10.5 Å². The van der Waals surface area contributed by atoms with Crippen molar-refractivity contribution in [2.75, 3.05) is 12.0 Å². The van der Waals surface area contributed by atoms with Crippen molar-refractivity contribution in [3.8, 4) is 0 Å². The van der Waals surface area contributed by atoms with Gasteiger partial charge in [0.2, 0.25) is 0 Å². The summed E-state index contributed by atoms with van der Waals surface area (Å²) < 4.78 is 5.81. The Morgan fingerprint density at radius 2 is 2.19 bits per heavy atom. The highest BCUT2D eigenvalue weighted by molar-refractivity contribution is 7.99. The molecule has 1 N–H and O–H groups in total. The molecule has 3 rings (SSSR count). The Kier molecular flexibility index (Phi) is 5.22. The van der Waals surface area contributed by atoms with Crippen LogP contribution in [0.15, 0.2) is 39.6 Å². The fraction of sp³-hybridized carbons (Fsp3) is 0.375. The number of hydrogen-bond acceptors (Lipinski definition) is 4. The standard InChI is InChI=1S/C16H18ClNOS2/c1-20-10-13-4-3-12(19-13)9-18-15-6-7-21-16-5-2-11(17)8-14(15)16/h2-5,8,15,18H,6-7,9-10H2,1H3. The lowest BCUT2D eigenvalue weighted by Gasteiger charge is -2.26. The van der Waals surface area contributed by atoms with Gasteiger partial charge in [0.25, 0.3) is 0 Å². The molecule has 0 saturated heterocycles. The monoisotopic (exact) mass is 339 g/mol. The van der Waals surface area contributed by atoms with Crippen LogP contribution in [0.3, 0.4) is 0 Å². The van der Waals surface area contributed by atoms with E-state index in [0.717, 1.165) is 41.0 Å². The average molecular weight is 340 g/mol. The second-order valence-corrected chi connectivity index (χ2v) is 7.49. The molecule has 0 radical (unpaired) electrons. The van der Waals surface area contributed by atoms with Crippen molar-refractivity contribution in [3.63, 3.8) is 0 Å². The van der Waals surface area contributed by atoms with Crippen LogP contribution < -0.4 is 5.32 Å². The molecular formula is C16H18ClNOS2. The zero-order valence-corrected chi connectivity index (χ0v) is 14.3. The summed E-state index contributed by atoms with van der Waals surface area (Å²) in [6.07, 6.45) is 3.21. The first-order valence-corrected chi connectivity index (χ1v) is 9.74. The maximum absolute atomic E-state index is 6.14. The summed E-state index contributed by atoms with van der Waals surface area (Å²) in [5.74, 6) is 4.11. The molecule has 5 heteroatoms. The van der Waals surface area contributed by atoms with Gasteiger partial charge in [0.1, 0.15) is 11.5 Å². The van der Waals surface area contributed by atoms with E-state index in [0.29, 0.717) is 6.04 Å². The molecule has 112 valence electrons. The Bertz CT molecular complexity index is 614. The molecule has 1 aromatic carbocycles. The summed E-state index contributed by atoms with van der Waals surface area (Å²) in [4.78, 5) is 1.34. The second kappa shape index (κ2) is 7.14. The van der Waals surface area contributed by atoms with E-state index in [-0.39, 0.29) is 0 Å². The van der Waals surface area contributed by atoms with Gasteiger partial charge in [0.15, 0.2) is 0 Å². The molecular weight excluding hydrogens is 322 g/mol. The Morgan fingerprint density at radius 3 is 3.05 bits per heavy atom. The third-order valence-corrected chi connectivity index (χ3v) is 5.47. The number of furan rings is 1.